The summed E-state index contributed by atoms with van der Waals surface area (Å²) < 4.78 is 10.8. The van der Waals surface area contributed by atoms with Crippen LogP contribution in [-0.4, -0.2) is 37.4 Å². The van der Waals surface area contributed by atoms with Crippen LogP contribution in [0, 0.1) is 6.92 Å². The van der Waals surface area contributed by atoms with E-state index in [9.17, 15) is 4.79 Å². The van der Waals surface area contributed by atoms with Gasteiger partial charge in [-0.2, -0.15) is 0 Å². The summed E-state index contributed by atoms with van der Waals surface area (Å²) in [5.74, 6) is 0.436. The highest BCUT2D eigenvalue weighted by atomic mass is 16.5. The van der Waals surface area contributed by atoms with Crippen molar-refractivity contribution in [1.29, 1.82) is 0 Å². The topological polar surface area (TPSA) is 67.8 Å². The molecule has 0 amide bonds. The minimum atomic E-state index is -0.860. The van der Waals surface area contributed by atoms with Crippen LogP contribution < -0.4 is 14.8 Å². The number of rotatable bonds is 8. The monoisotopic (exact) mass is 267 g/mol. The molecular weight excluding hydrogens is 246 g/mol. The van der Waals surface area contributed by atoms with E-state index in [4.69, 9.17) is 14.6 Å². The minimum Gasteiger partial charge on any atom is -0.493 e. The normalized spacial score (nSPS) is 11.9. The SMILES string of the molecule is CCNC(CCOc1ccc(C)cc1OC)C(=O)O. The molecule has 106 valence electrons. The Morgan fingerprint density at radius 2 is 2.16 bits per heavy atom. The van der Waals surface area contributed by atoms with Gasteiger partial charge in [-0.15, -0.1) is 0 Å². The third-order valence-electron chi connectivity index (χ3n) is 2.73. The lowest BCUT2D eigenvalue weighted by molar-refractivity contribution is -0.139. The third-order valence-corrected chi connectivity index (χ3v) is 2.73. The molecule has 1 rings (SSSR count). The highest BCUT2D eigenvalue weighted by Crippen LogP contribution is 2.27. The number of likely N-dealkylation sites (N-methyl/N-ethyl adjacent to an activating group) is 1. The number of hydrogen-bond donors (Lipinski definition) is 2. The van der Waals surface area contributed by atoms with Crippen LogP contribution in [0.3, 0.4) is 0 Å². The smallest absolute Gasteiger partial charge is 0.320 e. The maximum absolute atomic E-state index is 11.0. The molecule has 0 bridgehead atoms. The first-order chi connectivity index (χ1) is 9.08. The second-order valence-corrected chi connectivity index (χ2v) is 4.24. The summed E-state index contributed by atoms with van der Waals surface area (Å²) in [7, 11) is 1.58. The van der Waals surface area contributed by atoms with E-state index in [1.165, 1.54) is 0 Å². The molecule has 1 unspecified atom stereocenters. The van der Waals surface area contributed by atoms with Gasteiger partial charge in [0, 0.05) is 6.42 Å². The van der Waals surface area contributed by atoms with E-state index >= 15 is 0 Å². The number of methoxy groups -OCH3 is 1. The molecule has 0 saturated heterocycles. The van der Waals surface area contributed by atoms with Crippen molar-refractivity contribution in [3.8, 4) is 11.5 Å². The zero-order valence-corrected chi connectivity index (χ0v) is 11.6. The molecule has 0 spiro atoms. The molecule has 1 aromatic rings. The molecule has 0 aliphatic rings. The molecule has 5 nitrogen and oxygen atoms in total. The van der Waals surface area contributed by atoms with E-state index in [0.29, 0.717) is 31.1 Å². The van der Waals surface area contributed by atoms with Crippen molar-refractivity contribution in [2.24, 2.45) is 0 Å². The minimum absolute atomic E-state index is 0.323. The number of aliphatic carboxylic acids is 1. The van der Waals surface area contributed by atoms with Crippen molar-refractivity contribution in [1.82, 2.24) is 5.32 Å². The van der Waals surface area contributed by atoms with Gasteiger partial charge in [0.15, 0.2) is 11.5 Å². The maximum Gasteiger partial charge on any atom is 0.320 e. The Bertz CT molecular complexity index is 420. The van der Waals surface area contributed by atoms with Crippen LogP contribution in [0.4, 0.5) is 0 Å². The number of carboxylic acids is 1. The molecule has 0 aromatic heterocycles. The van der Waals surface area contributed by atoms with Crippen molar-refractivity contribution in [2.75, 3.05) is 20.3 Å². The van der Waals surface area contributed by atoms with Crippen molar-refractivity contribution >= 4 is 5.97 Å². The average molecular weight is 267 g/mol. The third kappa shape index (κ3) is 4.79. The summed E-state index contributed by atoms with van der Waals surface area (Å²) in [5, 5.41) is 11.9. The molecule has 1 atom stereocenters. The molecule has 0 radical (unpaired) electrons. The van der Waals surface area contributed by atoms with Gasteiger partial charge < -0.3 is 19.9 Å². The number of aryl methyl sites for hydroxylation is 1. The molecule has 19 heavy (non-hydrogen) atoms. The Morgan fingerprint density at radius 3 is 2.74 bits per heavy atom. The first-order valence-electron chi connectivity index (χ1n) is 6.32. The Labute approximate surface area is 113 Å². The van der Waals surface area contributed by atoms with Crippen LogP contribution >= 0.6 is 0 Å². The van der Waals surface area contributed by atoms with Crippen LogP contribution in [0.5, 0.6) is 11.5 Å². The maximum atomic E-state index is 11.0. The van der Waals surface area contributed by atoms with E-state index in [1.807, 2.05) is 32.0 Å². The molecule has 0 saturated carbocycles. The Balaban J connectivity index is 2.54. The first-order valence-corrected chi connectivity index (χ1v) is 6.32. The molecular formula is C14H21NO4. The molecule has 2 N–H and O–H groups in total. The second kappa shape index (κ2) is 7.63. The number of hydrogen-bond acceptors (Lipinski definition) is 4. The van der Waals surface area contributed by atoms with Crippen molar-refractivity contribution < 1.29 is 19.4 Å². The van der Waals surface area contributed by atoms with Gasteiger partial charge in [-0.1, -0.05) is 13.0 Å². The van der Waals surface area contributed by atoms with Gasteiger partial charge >= 0.3 is 5.97 Å². The van der Waals surface area contributed by atoms with Crippen LogP contribution in [0.15, 0.2) is 18.2 Å². The number of ether oxygens (including phenoxy) is 2. The summed E-state index contributed by atoms with van der Waals surface area (Å²) in [6.45, 7) is 4.78. The van der Waals surface area contributed by atoms with Gasteiger partial charge in [0.2, 0.25) is 0 Å². The van der Waals surface area contributed by atoms with Gasteiger partial charge in [0.1, 0.15) is 6.04 Å². The summed E-state index contributed by atoms with van der Waals surface area (Å²) in [4.78, 5) is 11.0. The van der Waals surface area contributed by atoms with Crippen LogP contribution in [0.25, 0.3) is 0 Å². The Morgan fingerprint density at radius 1 is 1.42 bits per heavy atom. The van der Waals surface area contributed by atoms with Crippen molar-refractivity contribution in [3.63, 3.8) is 0 Å². The van der Waals surface area contributed by atoms with Gasteiger partial charge in [-0.3, -0.25) is 4.79 Å². The standard InChI is InChI=1S/C14H21NO4/c1-4-15-11(14(16)17)7-8-19-12-6-5-10(2)9-13(12)18-3/h5-6,9,11,15H,4,7-8H2,1-3H3,(H,16,17). The van der Waals surface area contributed by atoms with Gasteiger partial charge in [-0.05, 0) is 31.2 Å². The largest absolute Gasteiger partial charge is 0.493 e. The molecule has 1 aromatic carbocycles. The van der Waals surface area contributed by atoms with Crippen LogP contribution in [0.1, 0.15) is 18.9 Å². The van der Waals surface area contributed by atoms with E-state index < -0.39 is 12.0 Å². The Kier molecular flexibility index (Phi) is 6.15. The average Bonchev–Trinajstić information content (AvgIpc) is 2.39. The van der Waals surface area contributed by atoms with E-state index in [0.717, 1.165) is 5.56 Å². The van der Waals surface area contributed by atoms with Gasteiger partial charge in [-0.25, -0.2) is 0 Å². The molecule has 5 heteroatoms. The zero-order valence-electron chi connectivity index (χ0n) is 11.6. The summed E-state index contributed by atoms with van der Waals surface area (Å²) in [5.41, 5.74) is 1.08. The molecule has 0 aliphatic heterocycles. The summed E-state index contributed by atoms with van der Waals surface area (Å²) in [6, 6.07) is 5.06. The fraction of sp³-hybridized carbons (Fsp3) is 0.500. The molecule has 0 aliphatic carbocycles. The summed E-state index contributed by atoms with van der Waals surface area (Å²) in [6.07, 6.45) is 0.403. The van der Waals surface area contributed by atoms with Crippen molar-refractivity contribution in [2.45, 2.75) is 26.3 Å². The van der Waals surface area contributed by atoms with Crippen molar-refractivity contribution in [3.05, 3.63) is 23.8 Å². The lowest BCUT2D eigenvalue weighted by Gasteiger charge is -2.15. The number of carbonyl (C=O) groups is 1. The summed E-state index contributed by atoms with van der Waals surface area (Å²) >= 11 is 0. The predicted molar refractivity (Wildman–Crippen MR) is 72.9 cm³/mol. The quantitative estimate of drug-likeness (QED) is 0.752. The first kappa shape index (κ1) is 15.3. The van der Waals surface area contributed by atoms with E-state index in [-0.39, 0.29) is 0 Å². The highest BCUT2D eigenvalue weighted by Gasteiger charge is 2.16. The number of benzene rings is 1. The fourth-order valence-electron chi connectivity index (χ4n) is 1.74. The molecule has 0 heterocycles. The van der Waals surface area contributed by atoms with Gasteiger partial charge in [0.05, 0.1) is 13.7 Å². The molecule has 0 fully saturated rings. The lowest BCUT2D eigenvalue weighted by atomic mass is 10.2. The van der Waals surface area contributed by atoms with E-state index in [1.54, 1.807) is 7.11 Å². The number of carboxylic acid groups (broad SMARTS) is 1. The number of nitrogens with one attached hydrogen (secondary N) is 1. The van der Waals surface area contributed by atoms with E-state index in [2.05, 4.69) is 5.32 Å². The Hall–Kier alpha value is -1.75. The lowest BCUT2D eigenvalue weighted by Crippen LogP contribution is -2.37. The fourth-order valence-corrected chi connectivity index (χ4v) is 1.74. The van der Waals surface area contributed by atoms with Gasteiger partial charge in [0.25, 0.3) is 0 Å². The predicted octanol–water partition coefficient (Wildman–Crippen LogP) is 1.84. The zero-order chi connectivity index (χ0) is 14.3. The van der Waals surface area contributed by atoms with Crippen LogP contribution in [-0.2, 0) is 4.79 Å². The highest BCUT2D eigenvalue weighted by molar-refractivity contribution is 5.73. The van der Waals surface area contributed by atoms with Crippen LogP contribution in [0.2, 0.25) is 0 Å². The second-order valence-electron chi connectivity index (χ2n) is 4.24.